The van der Waals surface area contributed by atoms with Crippen LogP contribution in [0.15, 0.2) is 42.5 Å². The number of nitriles is 1. The van der Waals surface area contributed by atoms with Crippen molar-refractivity contribution in [1.29, 1.82) is 5.26 Å². The molecule has 0 radical (unpaired) electrons. The van der Waals surface area contributed by atoms with E-state index in [2.05, 4.69) is 17.9 Å². The van der Waals surface area contributed by atoms with Gasteiger partial charge in [-0.15, -0.1) is 0 Å². The summed E-state index contributed by atoms with van der Waals surface area (Å²) in [5.74, 6) is 5.00. The summed E-state index contributed by atoms with van der Waals surface area (Å²) in [7, 11) is 1.62. The highest BCUT2D eigenvalue weighted by Crippen LogP contribution is 2.27. The van der Waals surface area contributed by atoms with E-state index in [-0.39, 0.29) is 31.4 Å². The van der Waals surface area contributed by atoms with Crippen LogP contribution in [0.2, 0.25) is 0 Å². The molecule has 0 N–H and O–H groups in total. The zero-order chi connectivity index (χ0) is 23.3. The third kappa shape index (κ3) is 4.96. The lowest BCUT2D eigenvalue weighted by Crippen LogP contribution is -2.44. The minimum atomic E-state index is -0.506. The number of rotatable bonds is 4. The van der Waals surface area contributed by atoms with Gasteiger partial charge in [0.05, 0.1) is 35.9 Å². The van der Waals surface area contributed by atoms with Gasteiger partial charge in [0, 0.05) is 24.2 Å². The molecule has 2 amide bonds. The predicted molar refractivity (Wildman–Crippen MR) is 119 cm³/mol. The van der Waals surface area contributed by atoms with Crippen LogP contribution in [0, 0.1) is 23.2 Å². The summed E-state index contributed by atoms with van der Waals surface area (Å²) in [6.07, 6.45) is 0.000632. The summed E-state index contributed by atoms with van der Waals surface area (Å²) < 4.78 is 4.99. The molecule has 1 aliphatic heterocycles. The first-order valence-corrected chi connectivity index (χ1v) is 10.2. The van der Waals surface area contributed by atoms with Crippen molar-refractivity contribution in [2.45, 2.75) is 26.3 Å². The number of ether oxygens (including phenoxy) is 1. The van der Waals surface area contributed by atoms with Crippen LogP contribution in [-0.2, 0) is 14.3 Å². The maximum absolute atomic E-state index is 13.3. The Bertz CT molecular complexity index is 1170. The summed E-state index contributed by atoms with van der Waals surface area (Å²) in [4.78, 5) is 40.7. The van der Waals surface area contributed by atoms with E-state index in [1.165, 1.54) is 9.80 Å². The van der Waals surface area contributed by atoms with Gasteiger partial charge < -0.3 is 14.5 Å². The molecular formula is C25H23N3O4. The van der Waals surface area contributed by atoms with Crippen molar-refractivity contribution < 1.29 is 19.1 Å². The van der Waals surface area contributed by atoms with Gasteiger partial charge in [-0.05, 0) is 50.2 Å². The molecule has 1 aliphatic rings. The van der Waals surface area contributed by atoms with Crippen LogP contribution >= 0.6 is 0 Å². The first kappa shape index (κ1) is 22.6. The summed E-state index contributed by atoms with van der Waals surface area (Å²) in [6.45, 7) is 3.56. The van der Waals surface area contributed by atoms with E-state index in [1.807, 2.05) is 0 Å². The van der Waals surface area contributed by atoms with Crippen LogP contribution in [0.4, 0.5) is 5.69 Å². The number of likely N-dealkylation sites (N-methyl/N-ethyl adjacent to an activating group) is 1. The number of anilines is 1. The van der Waals surface area contributed by atoms with Gasteiger partial charge in [-0.25, -0.2) is 0 Å². The van der Waals surface area contributed by atoms with Gasteiger partial charge in [-0.2, -0.15) is 5.26 Å². The molecule has 1 atom stereocenters. The van der Waals surface area contributed by atoms with Crippen LogP contribution in [0.25, 0.3) is 0 Å². The topological polar surface area (TPSA) is 90.7 Å². The Labute approximate surface area is 187 Å². The van der Waals surface area contributed by atoms with Crippen molar-refractivity contribution >= 4 is 23.5 Å². The minimum Gasteiger partial charge on any atom is -0.466 e. The number of carbonyl (C=O) groups excluding carboxylic acids is 3. The molecule has 3 rings (SSSR count). The second kappa shape index (κ2) is 9.80. The average Bonchev–Trinajstić information content (AvgIpc) is 2.88. The van der Waals surface area contributed by atoms with Gasteiger partial charge in [-0.1, -0.05) is 17.9 Å². The highest BCUT2D eigenvalue weighted by molar-refractivity contribution is 6.09. The number of fused-ring (bicyclic) bond motifs is 1. The first-order chi connectivity index (χ1) is 15.3. The third-order valence-electron chi connectivity index (χ3n) is 5.17. The zero-order valence-corrected chi connectivity index (χ0v) is 18.2. The fourth-order valence-electron chi connectivity index (χ4n) is 3.43. The monoisotopic (exact) mass is 429 g/mol. The average molecular weight is 429 g/mol. The van der Waals surface area contributed by atoms with E-state index < -0.39 is 12.0 Å². The summed E-state index contributed by atoms with van der Waals surface area (Å²) in [5, 5.41) is 9.03. The highest BCUT2D eigenvalue weighted by Gasteiger charge is 2.33. The largest absolute Gasteiger partial charge is 0.466 e. The molecule has 2 aromatic carbocycles. The second-order valence-corrected chi connectivity index (χ2v) is 7.42. The van der Waals surface area contributed by atoms with Gasteiger partial charge in [0.2, 0.25) is 5.91 Å². The van der Waals surface area contributed by atoms with Gasteiger partial charge in [-0.3, -0.25) is 14.4 Å². The molecule has 1 unspecified atom stereocenters. The van der Waals surface area contributed by atoms with Crippen molar-refractivity contribution in [1.82, 2.24) is 4.90 Å². The zero-order valence-electron chi connectivity index (χ0n) is 18.2. The molecule has 1 heterocycles. The first-order valence-electron chi connectivity index (χ1n) is 10.2. The lowest BCUT2D eigenvalue weighted by molar-refractivity contribution is -0.144. The molecule has 7 nitrogen and oxygen atoms in total. The van der Waals surface area contributed by atoms with E-state index in [0.29, 0.717) is 27.9 Å². The molecule has 7 heteroatoms. The smallest absolute Gasteiger partial charge is 0.307 e. The Kier molecular flexibility index (Phi) is 6.92. The van der Waals surface area contributed by atoms with Gasteiger partial charge in [0.15, 0.2) is 0 Å². The summed E-state index contributed by atoms with van der Waals surface area (Å²) in [5.41, 5.74) is 2.62. The SMILES string of the molecule is CCOC(=O)CC(C)N1CC(=O)N(C)c2ccc(C#Cc3cccc(C#N)c3)cc2C1=O. The number of benzene rings is 2. The Hall–Kier alpha value is -4.10. The number of nitrogens with zero attached hydrogens (tertiary/aromatic N) is 3. The standard InChI is InChI=1S/C25H23N3O4/c1-4-32-24(30)12-17(2)28-16-23(29)27(3)22-11-10-19(14-21(22)25(28)31)9-8-18-6-5-7-20(13-18)15-26/h5-7,10-11,13-14,17H,4,12,16H2,1-3H3. The van der Waals surface area contributed by atoms with E-state index in [0.717, 1.165) is 0 Å². The van der Waals surface area contributed by atoms with Crippen LogP contribution in [0.5, 0.6) is 0 Å². The summed E-state index contributed by atoms with van der Waals surface area (Å²) >= 11 is 0. The van der Waals surface area contributed by atoms with Crippen molar-refractivity contribution in [2.75, 3.05) is 25.1 Å². The van der Waals surface area contributed by atoms with Crippen LogP contribution < -0.4 is 4.90 Å². The van der Waals surface area contributed by atoms with Gasteiger partial charge in [0.1, 0.15) is 6.54 Å². The third-order valence-corrected chi connectivity index (χ3v) is 5.17. The van der Waals surface area contributed by atoms with Crippen molar-refractivity contribution in [3.8, 4) is 17.9 Å². The fraction of sp³-hybridized carbons (Fsp3) is 0.280. The molecule has 0 spiro atoms. The van der Waals surface area contributed by atoms with Gasteiger partial charge >= 0.3 is 5.97 Å². The Morgan fingerprint density at radius 3 is 2.50 bits per heavy atom. The number of hydrogen-bond donors (Lipinski definition) is 0. The maximum Gasteiger partial charge on any atom is 0.307 e. The molecule has 162 valence electrons. The second-order valence-electron chi connectivity index (χ2n) is 7.42. The minimum absolute atomic E-state index is 0.000632. The molecule has 0 aliphatic carbocycles. The number of esters is 1. The fourth-order valence-corrected chi connectivity index (χ4v) is 3.43. The molecule has 2 aromatic rings. The molecule has 0 aromatic heterocycles. The Balaban J connectivity index is 1.94. The van der Waals surface area contributed by atoms with Crippen LogP contribution in [0.1, 0.15) is 47.3 Å². The molecule has 0 saturated heterocycles. The highest BCUT2D eigenvalue weighted by atomic mass is 16.5. The lowest BCUT2D eigenvalue weighted by atomic mass is 10.1. The van der Waals surface area contributed by atoms with E-state index in [1.54, 1.807) is 63.4 Å². The van der Waals surface area contributed by atoms with Crippen LogP contribution in [-0.4, -0.2) is 48.9 Å². The molecule has 32 heavy (non-hydrogen) atoms. The van der Waals surface area contributed by atoms with Crippen molar-refractivity contribution in [2.24, 2.45) is 0 Å². The Morgan fingerprint density at radius 1 is 1.12 bits per heavy atom. The molecule has 0 fully saturated rings. The number of carbonyl (C=O) groups is 3. The summed E-state index contributed by atoms with van der Waals surface area (Å²) in [6, 6.07) is 13.6. The predicted octanol–water partition coefficient (Wildman–Crippen LogP) is 2.72. The van der Waals surface area contributed by atoms with Gasteiger partial charge in [0.25, 0.3) is 5.91 Å². The maximum atomic E-state index is 13.3. The van der Waals surface area contributed by atoms with E-state index in [9.17, 15) is 14.4 Å². The lowest BCUT2D eigenvalue weighted by Gasteiger charge is -2.26. The molecular weight excluding hydrogens is 406 g/mol. The van der Waals surface area contributed by atoms with Crippen LogP contribution in [0.3, 0.4) is 0 Å². The quantitative estimate of drug-likeness (QED) is 0.551. The van der Waals surface area contributed by atoms with Crippen molar-refractivity contribution in [3.63, 3.8) is 0 Å². The van der Waals surface area contributed by atoms with E-state index >= 15 is 0 Å². The normalized spacial score (nSPS) is 13.9. The Morgan fingerprint density at radius 2 is 1.81 bits per heavy atom. The number of amides is 2. The number of hydrogen-bond acceptors (Lipinski definition) is 5. The van der Waals surface area contributed by atoms with Crippen molar-refractivity contribution in [3.05, 3.63) is 64.7 Å². The van der Waals surface area contributed by atoms with E-state index in [4.69, 9.17) is 10.00 Å². The molecule has 0 bridgehead atoms. The molecule has 0 saturated carbocycles.